The number of amides is 2. The maximum Gasteiger partial charge on any atom is 0.257 e. The van der Waals surface area contributed by atoms with Gasteiger partial charge in [0.15, 0.2) is 11.9 Å². The van der Waals surface area contributed by atoms with Crippen LogP contribution in [0, 0.1) is 0 Å². The Morgan fingerprint density at radius 1 is 1.33 bits per heavy atom. The van der Waals surface area contributed by atoms with Crippen LogP contribution < -0.4 is 5.32 Å². The fraction of sp³-hybridized carbons (Fsp3) is 0.353. The van der Waals surface area contributed by atoms with Crippen LogP contribution in [0.15, 0.2) is 42.6 Å². The van der Waals surface area contributed by atoms with E-state index in [1.54, 1.807) is 28.9 Å². The van der Waals surface area contributed by atoms with Crippen molar-refractivity contribution in [2.24, 2.45) is 0 Å². The third kappa shape index (κ3) is 3.16. The predicted octanol–water partition coefficient (Wildman–Crippen LogP) is 1.44. The first-order valence-electron chi connectivity index (χ1n) is 7.86. The standard InChI is InChI=1S/C17H20N4O3/c1-3-21-10-9-13(19-21)18-17(23)16-15(12-7-5-4-6-8-12)20(2)14(22)11-24-16/h4-10,15-16H,3,11H2,1-2H3,(H,18,19,23)/t15-,16-/m0/s1. The van der Waals surface area contributed by atoms with Gasteiger partial charge in [0, 0.05) is 25.9 Å². The fourth-order valence-electron chi connectivity index (χ4n) is 2.78. The number of morpholine rings is 1. The highest BCUT2D eigenvalue weighted by atomic mass is 16.5. The average molecular weight is 328 g/mol. The molecule has 126 valence electrons. The zero-order chi connectivity index (χ0) is 17.1. The largest absolute Gasteiger partial charge is 0.356 e. The second-order valence-corrected chi connectivity index (χ2v) is 5.64. The zero-order valence-electron chi connectivity index (χ0n) is 13.7. The van der Waals surface area contributed by atoms with Gasteiger partial charge in [-0.15, -0.1) is 0 Å². The third-order valence-electron chi connectivity index (χ3n) is 4.10. The average Bonchev–Trinajstić information content (AvgIpc) is 3.05. The van der Waals surface area contributed by atoms with Crippen LogP contribution in [0.2, 0.25) is 0 Å². The Labute approximate surface area is 140 Å². The van der Waals surface area contributed by atoms with Crippen LogP contribution in [0.25, 0.3) is 0 Å². The molecule has 2 atom stereocenters. The SMILES string of the molecule is CCn1ccc(NC(=O)[C@H]2OCC(=O)N(C)[C@H]2c2ccccc2)n1. The summed E-state index contributed by atoms with van der Waals surface area (Å²) in [5, 5.41) is 7.01. The summed E-state index contributed by atoms with van der Waals surface area (Å²) in [6, 6.07) is 10.7. The van der Waals surface area contributed by atoms with Crippen molar-refractivity contribution in [1.29, 1.82) is 0 Å². The van der Waals surface area contributed by atoms with Crippen LogP contribution in [0.4, 0.5) is 5.82 Å². The lowest BCUT2D eigenvalue weighted by atomic mass is 9.97. The molecule has 0 aliphatic carbocycles. The number of rotatable bonds is 4. The van der Waals surface area contributed by atoms with E-state index in [1.165, 1.54) is 0 Å². The van der Waals surface area contributed by atoms with E-state index in [2.05, 4.69) is 10.4 Å². The number of ether oxygens (including phenoxy) is 1. The molecular formula is C17H20N4O3. The number of hydrogen-bond acceptors (Lipinski definition) is 4. The molecule has 24 heavy (non-hydrogen) atoms. The molecule has 1 aliphatic heterocycles. The Morgan fingerprint density at radius 2 is 2.08 bits per heavy atom. The van der Waals surface area contributed by atoms with E-state index < -0.39 is 12.1 Å². The molecule has 2 aromatic rings. The molecule has 1 N–H and O–H groups in total. The van der Waals surface area contributed by atoms with Gasteiger partial charge >= 0.3 is 0 Å². The summed E-state index contributed by atoms with van der Waals surface area (Å²) >= 11 is 0. The highest BCUT2D eigenvalue weighted by molar-refractivity contribution is 5.95. The number of anilines is 1. The van der Waals surface area contributed by atoms with Gasteiger partial charge in [-0.2, -0.15) is 5.10 Å². The molecule has 7 nitrogen and oxygen atoms in total. The van der Waals surface area contributed by atoms with Gasteiger partial charge in [-0.25, -0.2) is 0 Å². The molecule has 0 bridgehead atoms. The summed E-state index contributed by atoms with van der Waals surface area (Å²) < 4.78 is 7.28. The number of aromatic nitrogens is 2. The third-order valence-corrected chi connectivity index (χ3v) is 4.10. The molecule has 2 heterocycles. The number of benzene rings is 1. The van der Waals surface area contributed by atoms with Crippen molar-refractivity contribution in [1.82, 2.24) is 14.7 Å². The lowest BCUT2D eigenvalue weighted by Gasteiger charge is -2.38. The van der Waals surface area contributed by atoms with Gasteiger partial charge in [-0.1, -0.05) is 30.3 Å². The lowest BCUT2D eigenvalue weighted by molar-refractivity contribution is -0.160. The Hall–Kier alpha value is -2.67. The van der Waals surface area contributed by atoms with Crippen molar-refractivity contribution >= 4 is 17.6 Å². The van der Waals surface area contributed by atoms with E-state index in [9.17, 15) is 9.59 Å². The Kier molecular flexibility index (Phi) is 4.61. The summed E-state index contributed by atoms with van der Waals surface area (Å²) in [4.78, 5) is 26.2. The van der Waals surface area contributed by atoms with Gasteiger partial charge in [0.1, 0.15) is 6.61 Å². The molecule has 0 radical (unpaired) electrons. The number of nitrogens with one attached hydrogen (secondary N) is 1. The van der Waals surface area contributed by atoms with Crippen LogP contribution in [0.5, 0.6) is 0 Å². The van der Waals surface area contributed by atoms with Crippen molar-refractivity contribution < 1.29 is 14.3 Å². The first kappa shape index (κ1) is 16.2. The molecule has 1 aromatic carbocycles. The molecular weight excluding hydrogens is 308 g/mol. The van der Waals surface area contributed by atoms with Crippen molar-refractivity contribution in [3.05, 3.63) is 48.2 Å². The predicted molar refractivity (Wildman–Crippen MR) is 88.2 cm³/mol. The van der Waals surface area contributed by atoms with Gasteiger partial charge in [0.2, 0.25) is 5.91 Å². The van der Waals surface area contributed by atoms with E-state index in [-0.39, 0.29) is 18.4 Å². The summed E-state index contributed by atoms with van der Waals surface area (Å²) in [6.45, 7) is 2.58. The van der Waals surface area contributed by atoms with Crippen LogP contribution in [0.3, 0.4) is 0 Å². The quantitative estimate of drug-likeness (QED) is 0.921. The number of aryl methyl sites for hydroxylation is 1. The van der Waals surface area contributed by atoms with E-state index >= 15 is 0 Å². The number of nitrogens with zero attached hydrogens (tertiary/aromatic N) is 3. The maximum atomic E-state index is 12.7. The Bertz CT molecular complexity index is 728. The molecule has 1 saturated heterocycles. The maximum absolute atomic E-state index is 12.7. The molecule has 3 rings (SSSR count). The minimum Gasteiger partial charge on any atom is -0.356 e. The highest BCUT2D eigenvalue weighted by Crippen LogP contribution is 2.29. The van der Waals surface area contributed by atoms with Crippen molar-refractivity contribution in [2.75, 3.05) is 19.0 Å². The molecule has 7 heteroatoms. The van der Waals surface area contributed by atoms with Gasteiger partial charge in [0.05, 0.1) is 6.04 Å². The smallest absolute Gasteiger partial charge is 0.257 e. The summed E-state index contributed by atoms with van der Waals surface area (Å²) in [5.41, 5.74) is 0.854. The molecule has 0 spiro atoms. The summed E-state index contributed by atoms with van der Waals surface area (Å²) in [7, 11) is 1.69. The first-order valence-corrected chi connectivity index (χ1v) is 7.86. The normalized spacial score (nSPS) is 20.9. The van der Waals surface area contributed by atoms with E-state index in [0.717, 1.165) is 12.1 Å². The van der Waals surface area contributed by atoms with Crippen LogP contribution in [0.1, 0.15) is 18.5 Å². The number of carbonyl (C=O) groups excluding carboxylic acids is 2. The van der Waals surface area contributed by atoms with E-state index in [0.29, 0.717) is 5.82 Å². The van der Waals surface area contributed by atoms with Crippen LogP contribution in [-0.4, -0.2) is 46.3 Å². The summed E-state index contributed by atoms with van der Waals surface area (Å²) in [5.74, 6) is 0.00420. The Morgan fingerprint density at radius 3 is 2.75 bits per heavy atom. The first-order chi connectivity index (χ1) is 11.6. The van der Waals surface area contributed by atoms with Gasteiger partial charge in [-0.3, -0.25) is 14.3 Å². The molecule has 0 saturated carbocycles. The van der Waals surface area contributed by atoms with Gasteiger partial charge in [-0.05, 0) is 12.5 Å². The lowest BCUT2D eigenvalue weighted by Crippen LogP contribution is -2.51. The van der Waals surface area contributed by atoms with Gasteiger partial charge in [0.25, 0.3) is 5.91 Å². The fourth-order valence-corrected chi connectivity index (χ4v) is 2.78. The van der Waals surface area contributed by atoms with Crippen molar-refractivity contribution in [3.63, 3.8) is 0 Å². The summed E-state index contributed by atoms with van der Waals surface area (Å²) in [6.07, 6.45) is 1.00. The zero-order valence-corrected chi connectivity index (χ0v) is 13.7. The molecule has 1 fully saturated rings. The van der Waals surface area contributed by atoms with Crippen LogP contribution >= 0.6 is 0 Å². The molecule has 0 unspecified atom stereocenters. The minimum absolute atomic E-state index is 0.110. The van der Waals surface area contributed by atoms with E-state index in [1.807, 2.05) is 37.3 Å². The minimum atomic E-state index is -0.790. The van der Waals surface area contributed by atoms with E-state index in [4.69, 9.17) is 4.74 Å². The molecule has 1 aliphatic rings. The molecule has 2 amide bonds. The highest BCUT2D eigenvalue weighted by Gasteiger charge is 2.40. The topological polar surface area (TPSA) is 76.5 Å². The van der Waals surface area contributed by atoms with Gasteiger partial charge < -0.3 is 15.0 Å². The number of likely N-dealkylation sites (N-methyl/N-ethyl adjacent to an activating group) is 1. The van der Waals surface area contributed by atoms with Crippen molar-refractivity contribution in [3.8, 4) is 0 Å². The second-order valence-electron chi connectivity index (χ2n) is 5.64. The number of carbonyl (C=O) groups is 2. The molecule has 1 aromatic heterocycles. The van der Waals surface area contributed by atoms with Crippen molar-refractivity contribution in [2.45, 2.75) is 25.6 Å². The second kappa shape index (κ2) is 6.84. The number of hydrogen-bond donors (Lipinski definition) is 1. The Balaban J connectivity index is 1.83. The van der Waals surface area contributed by atoms with Crippen LogP contribution in [-0.2, 0) is 20.9 Å². The monoisotopic (exact) mass is 328 g/mol.